The Morgan fingerprint density at radius 3 is 0.714 bits per heavy atom. The molecule has 0 saturated carbocycles. The molecular formula is H6Cl3IrO3. The molecule has 3 nitrogen and oxygen atoms in total. The van der Waals surface area contributed by atoms with Crippen molar-refractivity contribution < 1.29 is 29.9 Å². The predicted octanol–water partition coefficient (Wildman–Crippen LogP) is -0.408. The summed E-state index contributed by atoms with van der Waals surface area (Å²) in [6, 6.07) is 0. The van der Waals surface area contributed by atoms with Crippen molar-refractivity contribution in [3.8, 4) is 0 Å². The normalized spacial score (nSPS) is 6.43. The van der Waals surface area contributed by atoms with Crippen LogP contribution in [-0.4, -0.2) is 16.4 Å². The van der Waals surface area contributed by atoms with Crippen LogP contribution in [-0.2, 0) is 13.5 Å². The summed E-state index contributed by atoms with van der Waals surface area (Å²) in [4.78, 5) is 0. The van der Waals surface area contributed by atoms with Crippen LogP contribution in [0.1, 0.15) is 0 Å². The fourth-order valence-electron chi connectivity index (χ4n) is 0. The fraction of sp³-hybridized carbons (Fsp3) is 0. The minimum atomic E-state index is -1.92. The van der Waals surface area contributed by atoms with Crippen molar-refractivity contribution in [2.75, 3.05) is 0 Å². The summed E-state index contributed by atoms with van der Waals surface area (Å²) in [7, 11) is 14.9. The van der Waals surface area contributed by atoms with Gasteiger partial charge in [0.1, 0.15) is 0 Å². The van der Waals surface area contributed by atoms with Gasteiger partial charge < -0.3 is 16.4 Å². The van der Waals surface area contributed by atoms with Gasteiger partial charge in [-0.05, 0) is 0 Å². The number of hydrogen-bond donors (Lipinski definition) is 0. The van der Waals surface area contributed by atoms with Gasteiger partial charge >= 0.3 is 42.2 Å². The molecule has 0 unspecified atom stereocenters. The monoisotopic (exact) mass is 352 g/mol. The van der Waals surface area contributed by atoms with Crippen molar-refractivity contribution >= 4 is 28.8 Å². The Labute approximate surface area is 58.6 Å². The molecule has 0 fully saturated rings. The third-order valence-corrected chi connectivity index (χ3v) is 0. The Morgan fingerprint density at radius 1 is 0.714 bits per heavy atom. The second-order valence-electron chi connectivity index (χ2n) is 0.143. The summed E-state index contributed by atoms with van der Waals surface area (Å²) < 4.78 is 0. The zero-order chi connectivity index (χ0) is 3.58. The second-order valence-corrected chi connectivity index (χ2v) is 10.5. The van der Waals surface area contributed by atoms with E-state index in [1.807, 2.05) is 0 Å². The summed E-state index contributed by atoms with van der Waals surface area (Å²) in [6.45, 7) is 0. The average molecular weight is 353 g/mol. The van der Waals surface area contributed by atoms with E-state index in [1.165, 1.54) is 0 Å². The molecule has 0 aromatic heterocycles. The summed E-state index contributed by atoms with van der Waals surface area (Å²) in [5.74, 6) is 0. The van der Waals surface area contributed by atoms with Crippen molar-refractivity contribution in [3.63, 3.8) is 0 Å². The topological polar surface area (TPSA) is 94.5 Å². The molecule has 6 N–H and O–H groups in total. The molecule has 0 atom stereocenters. The van der Waals surface area contributed by atoms with Gasteiger partial charge in [0.25, 0.3) is 0 Å². The molecule has 0 rings (SSSR count). The quantitative estimate of drug-likeness (QED) is 0.567. The van der Waals surface area contributed by atoms with Gasteiger partial charge in [0, 0.05) is 0 Å². The Bertz CT molecular complexity index is 14.9. The van der Waals surface area contributed by atoms with Crippen molar-refractivity contribution in [1.82, 2.24) is 0 Å². The molecular weight excluding hydrogens is 347 g/mol. The Morgan fingerprint density at radius 2 is 0.714 bits per heavy atom. The molecule has 7 heavy (non-hydrogen) atoms. The molecule has 0 amide bonds. The van der Waals surface area contributed by atoms with Crippen molar-refractivity contribution in [1.29, 1.82) is 0 Å². The molecule has 0 heterocycles. The number of rotatable bonds is 0. The fourth-order valence-corrected chi connectivity index (χ4v) is 0. The first kappa shape index (κ1) is 23.8. The Hall–Kier alpha value is 1.40. The van der Waals surface area contributed by atoms with Crippen LogP contribution in [0.4, 0.5) is 0 Å². The Kier molecular flexibility index (Phi) is 53.1. The van der Waals surface area contributed by atoms with Crippen molar-refractivity contribution in [3.05, 3.63) is 0 Å². The van der Waals surface area contributed by atoms with E-state index in [9.17, 15) is 0 Å². The van der Waals surface area contributed by atoms with Crippen molar-refractivity contribution in [2.45, 2.75) is 0 Å². The third-order valence-electron chi connectivity index (χ3n) is 0. The molecule has 7 heteroatoms. The van der Waals surface area contributed by atoms with E-state index in [0.29, 0.717) is 0 Å². The van der Waals surface area contributed by atoms with E-state index in [2.05, 4.69) is 0 Å². The molecule has 0 aromatic rings. The maximum absolute atomic E-state index is 4.97. The predicted molar refractivity (Wildman–Crippen MR) is 28.4 cm³/mol. The second kappa shape index (κ2) is 15.7. The van der Waals surface area contributed by atoms with E-state index in [-0.39, 0.29) is 16.4 Å². The molecule has 54 valence electrons. The standard InChI is InChI=1S/3ClH.Ir.3H2O/h3*1H;;3*1H2/q;;;+3;;;/p-3. The average Bonchev–Trinajstić information content (AvgIpc) is 0.811. The molecule has 0 aromatic carbocycles. The summed E-state index contributed by atoms with van der Waals surface area (Å²) in [6.07, 6.45) is 0. The van der Waals surface area contributed by atoms with E-state index < -0.39 is 13.5 Å². The van der Waals surface area contributed by atoms with Crippen LogP contribution in [0.15, 0.2) is 0 Å². The van der Waals surface area contributed by atoms with Crippen LogP contribution in [0.25, 0.3) is 0 Å². The van der Waals surface area contributed by atoms with Gasteiger partial charge in [0.15, 0.2) is 0 Å². The molecule has 0 spiro atoms. The van der Waals surface area contributed by atoms with Gasteiger partial charge in [-0.15, -0.1) is 0 Å². The van der Waals surface area contributed by atoms with Crippen LogP contribution < -0.4 is 0 Å². The summed E-state index contributed by atoms with van der Waals surface area (Å²) in [5.41, 5.74) is 0. The molecule has 0 saturated heterocycles. The van der Waals surface area contributed by atoms with E-state index in [0.717, 1.165) is 0 Å². The number of halogens is 3. The van der Waals surface area contributed by atoms with Crippen LogP contribution in [0, 0.1) is 0 Å². The maximum atomic E-state index is 4.97. The van der Waals surface area contributed by atoms with E-state index >= 15 is 0 Å². The van der Waals surface area contributed by atoms with Crippen LogP contribution in [0.3, 0.4) is 0 Å². The van der Waals surface area contributed by atoms with Crippen LogP contribution in [0.2, 0.25) is 0 Å². The summed E-state index contributed by atoms with van der Waals surface area (Å²) >= 11 is -1.92. The van der Waals surface area contributed by atoms with Gasteiger partial charge in [0.2, 0.25) is 0 Å². The molecule has 0 aliphatic carbocycles. The number of hydrogen-bond acceptors (Lipinski definition) is 0. The van der Waals surface area contributed by atoms with Gasteiger partial charge in [-0.2, -0.15) is 0 Å². The van der Waals surface area contributed by atoms with Gasteiger partial charge in [-0.1, -0.05) is 0 Å². The minimum absolute atomic E-state index is 0. The van der Waals surface area contributed by atoms with Crippen LogP contribution >= 0.6 is 28.8 Å². The van der Waals surface area contributed by atoms with Gasteiger partial charge in [-0.3, -0.25) is 0 Å². The molecule has 0 radical (unpaired) electrons. The first-order valence-electron chi connectivity index (χ1n) is 0.378. The molecule has 0 aliphatic rings. The van der Waals surface area contributed by atoms with Crippen LogP contribution in [0.5, 0.6) is 0 Å². The zero-order valence-corrected chi connectivity index (χ0v) is 7.63. The van der Waals surface area contributed by atoms with Crippen molar-refractivity contribution in [2.24, 2.45) is 0 Å². The SMILES string of the molecule is O.O.O.[Cl][Ir]([Cl])[Cl]. The van der Waals surface area contributed by atoms with E-state index in [4.69, 9.17) is 28.8 Å². The molecule has 0 bridgehead atoms. The Balaban J connectivity index is -0.0000000150. The van der Waals surface area contributed by atoms with Gasteiger partial charge in [-0.25, -0.2) is 0 Å². The van der Waals surface area contributed by atoms with Gasteiger partial charge in [0.05, 0.1) is 0 Å². The third kappa shape index (κ3) is 110. The van der Waals surface area contributed by atoms with E-state index in [1.54, 1.807) is 0 Å². The zero-order valence-electron chi connectivity index (χ0n) is 2.97. The molecule has 0 aliphatic heterocycles. The summed E-state index contributed by atoms with van der Waals surface area (Å²) in [5, 5.41) is 0. The first-order chi connectivity index (χ1) is 1.73. The first-order valence-corrected chi connectivity index (χ1v) is 9.28.